The molecule has 2 saturated heterocycles. The van der Waals surface area contributed by atoms with Crippen LogP contribution in [0.1, 0.15) is 33.1 Å². The van der Waals surface area contributed by atoms with Gasteiger partial charge in [0.05, 0.1) is 6.10 Å². The molecule has 0 bridgehead atoms. The van der Waals surface area contributed by atoms with Crippen LogP contribution in [0.3, 0.4) is 0 Å². The Bertz CT molecular complexity index is 464. The van der Waals surface area contributed by atoms with E-state index in [1.807, 2.05) is 13.8 Å². The smallest absolute Gasteiger partial charge is 0.326 e. The first-order valence-electron chi connectivity index (χ1n) is 7.26. The molecule has 20 heavy (non-hydrogen) atoms. The molecule has 4 atom stereocenters. The first-order valence-corrected chi connectivity index (χ1v) is 7.26. The number of hydrogen-bond acceptors (Lipinski definition) is 4. The number of carboxylic acids is 1. The summed E-state index contributed by atoms with van der Waals surface area (Å²) in [5.41, 5.74) is 5.05. The van der Waals surface area contributed by atoms with Gasteiger partial charge in [0.2, 0.25) is 5.91 Å². The van der Waals surface area contributed by atoms with Crippen LogP contribution in [0.25, 0.3) is 0 Å². The number of likely N-dealkylation sites (tertiary alicyclic amines) is 1. The van der Waals surface area contributed by atoms with E-state index in [9.17, 15) is 14.7 Å². The molecule has 0 spiro atoms. The monoisotopic (exact) mass is 282 g/mol. The van der Waals surface area contributed by atoms with Crippen molar-refractivity contribution in [3.05, 3.63) is 0 Å². The number of hydrogen-bond donors (Lipinski definition) is 2. The van der Waals surface area contributed by atoms with Gasteiger partial charge in [0.15, 0.2) is 0 Å². The zero-order valence-corrected chi connectivity index (χ0v) is 12.0. The molecule has 3 rings (SSSR count). The average molecular weight is 282 g/mol. The number of ether oxygens (including phenoxy) is 1. The maximum absolute atomic E-state index is 12.9. The number of aliphatic carboxylic acids is 1. The van der Waals surface area contributed by atoms with E-state index in [1.165, 1.54) is 4.90 Å². The van der Waals surface area contributed by atoms with Crippen LogP contribution < -0.4 is 5.73 Å². The molecular weight excluding hydrogens is 260 g/mol. The molecule has 3 N–H and O–H groups in total. The minimum atomic E-state index is -0.994. The molecule has 0 aromatic rings. The lowest BCUT2D eigenvalue weighted by Gasteiger charge is -2.61. The van der Waals surface area contributed by atoms with Crippen molar-refractivity contribution in [2.24, 2.45) is 17.1 Å². The van der Waals surface area contributed by atoms with Crippen molar-refractivity contribution in [1.29, 1.82) is 0 Å². The second-order valence-corrected chi connectivity index (χ2v) is 6.77. The minimum Gasteiger partial charge on any atom is -0.480 e. The zero-order chi connectivity index (χ0) is 14.7. The van der Waals surface area contributed by atoms with Gasteiger partial charge in [-0.25, -0.2) is 4.79 Å². The summed E-state index contributed by atoms with van der Waals surface area (Å²) in [6, 6.07) is -0.722. The van der Waals surface area contributed by atoms with E-state index < -0.39 is 23.0 Å². The molecule has 6 nitrogen and oxygen atoms in total. The van der Waals surface area contributed by atoms with Gasteiger partial charge < -0.3 is 20.5 Å². The SMILES string of the molecule is CC1(C)C2OCCC2C1(N)C(=O)N1CCCC1C(=O)O. The molecule has 112 valence electrons. The van der Waals surface area contributed by atoms with Crippen molar-refractivity contribution in [3.63, 3.8) is 0 Å². The highest BCUT2D eigenvalue weighted by atomic mass is 16.5. The van der Waals surface area contributed by atoms with Gasteiger partial charge in [-0.1, -0.05) is 13.8 Å². The van der Waals surface area contributed by atoms with Gasteiger partial charge >= 0.3 is 5.97 Å². The molecule has 3 aliphatic rings. The van der Waals surface area contributed by atoms with Crippen molar-refractivity contribution >= 4 is 11.9 Å². The largest absolute Gasteiger partial charge is 0.480 e. The van der Waals surface area contributed by atoms with Crippen LogP contribution in [-0.2, 0) is 14.3 Å². The predicted octanol–water partition coefficient (Wildman–Crippen LogP) is 0.204. The average Bonchev–Trinajstić information content (AvgIpc) is 3.04. The highest BCUT2D eigenvalue weighted by Crippen LogP contribution is 2.59. The summed E-state index contributed by atoms with van der Waals surface area (Å²) in [7, 11) is 0. The molecule has 0 aromatic heterocycles. The van der Waals surface area contributed by atoms with E-state index in [0.29, 0.717) is 19.6 Å². The van der Waals surface area contributed by atoms with Gasteiger partial charge in [-0.3, -0.25) is 4.79 Å². The summed E-state index contributed by atoms with van der Waals surface area (Å²) in [6.45, 7) is 5.02. The lowest BCUT2D eigenvalue weighted by Crippen LogP contribution is -2.80. The summed E-state index contributed by atoms with van der Waals surface area (Å²) in [5, 5.41) is 9.25. The third-order valence-electron chi connectivity index (χ3n) is 5.61. The lowest BCUT2D eigenvalue weighted by molar-refractivity contribution is -0.186. The van der Waals surface area contributed by atoms with Crippen LogP contribution in [0.15, 0.2) is 0 Å². The lowest BCUT2D eigenvalue weighted by atomic mass is 9.47. The number of carbonyl (C=O) groups excluding carboxylic acids is 1. The summed E-state index contributed by atoms with van der Waals surface area (Å²) >= 11 is 0. The summed E-state index contributed by atoms with van der Waals surface area (Å²) < 4.78 is 5.68. The van der Waals surface area contributed by atoms with Gasteiger partial charge in [0, 0.05) is 24.5 Å². The molecule has 2 aliphatic heterocycles. The summed E-state index contributed by atoms with van der Waals surface area (Å²) in [4.78, 5) is 25.7. The number of nitrogens with zero attached hydrogens (tertiary/aromatic N) is 1. The Hall–Kier alpha value is -1.14. The second-order valence-electron chi connectivity index (χ2n) is 6.77. The first-order chi connectivity index (χ1) is 9.31. The Morgan fingerprint density at radius 1 is 1.35 bits per heavy atom. The topological polar surface area (TPSA) is 92.9 Å². The maximum Gasteiger partial charge on any atom is 0.326 e. The highest BCUT2D eigenvalue weighted by molar-refractivity contribution is 5.93. The van der Waals surface area contributed by atoms with Gasteiger partial charge in [0.25, 0.3) is 0 Å². The molecule has 1 saturated carbocycles. The number of carboxylic acid groups (broad SMARTS) is 1. The molecule has 3 fully saturated rings. The van der Waals surface area contributed by atoms with Crippen molar-refractivity contribution in [1.82, 2.24) is 4.90 Å². The van der Waals surface area contributed by atoms with Crippen molar-refractivity contribution < 1.29 is 19.4 Å². The molecular formula is C14H22N2O4. The highest BCUT2D eigenvalue weighted by Gasteiger charge is 2.72. The van der Waals surface area contributed by atoms with Crippen LogP contribution in [0.5, 0.6) is 0 Å². The van der Waals surface area contributed by atoms with Gasteiger partial charge in [0.1, 0.15) is 11.6 Å². The van der Waals surface area contributed by atoms with Crippen LogP contribution in [-0.4, -0.2) is 52.7 Å². The number of nitrogens with two attached hydrogens (primary N) is 1. The Morgan fingerprint density at radius 2 is 2.05 bits per heavy atom. The number of rotatable bonds is 2. The zero-order valence-electron chi connectivity index (χ0n) is 12.0. The molecule has 1 amide bonds. The van der Waals surface area contributed by atoms with Crippen LogP contribution in [0, 0.1) is 11.3 Å². The van der Waals surface area contributed by atoms with Crippen LogP contribution in [0.4, 0.5) is 0 Å². The van der Waals surface area contributed by atoms with Crippen LogP contribution in [0.2, 0.25) is 0 Å². The van der Waals surface area contributed by atoms with E-state index >= 15 is 0 Å². The first kappa shape index (κ1) is 13.8. The van der Waals surface area contributed by atoms with Gasteiger partial charge in [-0.05, 0) is 19.3 Å². The standard InChI is InChI=1S/C14H22N2O4/c1-13(2)10-8(5-7-20-10)14(13,15)12(19)16-6-3-4-9(16)11(17)18/h8-10H,3-7,15H2,1-2H3,(H,17,18). The van der Waals surface area contributed by atoms with E-state index in [0.717, 1.165) is 12.8 Å². The second kappa shape index (κ2) is 4.18. The maximum atomic E-state index is 12.9. The Balaban J connectivity index is 1.88. The molecule has 6 heteroatoms. The Labute approximate surface area is 118 Å². The predicted molar refractivity (Wildman–Crippen MR) is 70.9 cm³/mol. The third kappa shape index (κ3) is 1.46. The third-order valence-corrected chi connectivity index (χ3v) is 5.61. The van der Waals surface area contributed by atoms with Gasteiger partial charge in [-0.15, -0.1) is 0 Å². The number of carbonyl (C=O) groups is 2. The quantitative estimate of drug-likeness (QED) is 0.755. The van der Waals surface area contributed by atoms with Crippen LogP contribution >= 0.6 is 0 Å². The van der Waals surface area contributed by atoms with E-state index in [-0.39, 0.29) is 17.9 Å². The van der Waals surface area contributed by atoms with Crippen molar-refractivity contribution in [2.75, 3.05) is 13.2 Å². The van der Waals surface area contributed by atoms with E-state index in [1.54, 1.807) is 0 Å². The van der Waals surface area contributed by atoms with Crippen molar-refractivity contribution in [2.45, 2.75) is 50.8 Å². The van der Waals surface area contributed by atoms with Crippen molar-refractivity contribution in [3.8, 4) is 0 Å². The normalized spacial score (nSPS) is 42.1. The van der Waals surface area contributed by atoms with Gasteiger partial charge in [-0.2, -0.15) is 0 Å². The van der Waals surface area contributed by atoms with E-state index in [2.05, 4.69) is 0 Å². The fourth-order valence-electron chi connectivity index (χ4n) is 4.32. The van der Waals surface area contributed by atoms with E-state index in [4.69, 9.17) is 10.5 Å². The Kier molecular flexibility index (Phi) is 2.89. The molecule has 1 aliphatic carbocycles. The molecule has 4 unspecified atom stereocenters. The fraction of sp³-hybridized carbons (Fsp3) is 0.857. The summed E-state index contributed by atoms with van der Waals surface area (Å²) in [5.74, 6) is -1.13. The summed E-state index contributed by atoms with van der Waals surface area (Å²) in [6.07, 6.45) is 2.04. The molecule has 0 radical (unpaired) electrons. The minimum absolute atomic E-state index is 0.0139. The number of fused-ring (bicyclic) bond motifs is 1. The number of amides is 1. The Morgan fingerprint density at radius 3 is 2.70 bits per heavy atom. The fourth-order valence-corrected chi connectivity index (χ4v) is 4.32. The molecule has 0 aromatic carbocycles. The molecule has 2 heterocycles.